The van der Waals surface area contributed by atoms with Gasteiger partial charge in [0.2, 0.25) is 0 Å². The summed E-state index contributed by atoms with van der Waals surface area (Å²) < 4.78 is 1.87. The van der Waals surface area contributed by atoms with Crippen molar-refractivity contribution in [1.82, 2.24) is 25.1 Å². The highest BCUT2D eigenvalue weighted by Gasteiger charge is 2.24. The maximum Gasteiger partial charge on any atom is 0.133 e. The molecule has 1 saturated carbocycles. The summed E-state index contributed by atoms with van der Waals surface area (Å²) in [6.07, 6.45) is 11.9. The molecule has 0 saturated heterocycles. The minimum atomic E-state index is 0. The Balaban J connectivity index is 0.00000131. The molecule has 2 aliphatic rings. The van der Waals surface area contributed by atoms with Crippen LogP contribution in [-0.2, 0) is 32.7 Å². The van der Waals surface area contributed by atoms with Crippen LogP contribution < -0.4 is 10.6 Å². The number of anilines is 1. The van der Waals surface area contributed by atoms with E-state index in [1.54, 1.807) is 0 Å². The van der Waals surface area contributed by atoms with Crippen molar-refractivity contribution in [3.63, 3.8) is 0 Å². The number of halogens is 2. The largest absolute Gasteiger partial charge is 0.370 e. The van der Waals surface area contributed by atoms with Gasteiger partial charge in [-0.25, -0.2) is 9.97 Å². The Kier molecular flexibility index (Phi) is 8.32. The normalized spacial score (nSPS) is 15.9. The molecule has 0 amide bonds. The van der Waals surface area contributed by atoms with Gasteiger partial charge in [-0.1, -0.05) is 0 Å². The molecule has 0 unspecified atom stereocenters. The molecule has 6 nitrogen and oxygen atoms in total. The minimum Gasteiger partial charge on any atom is -0.370 e. The van der Waals surface area contributed by atoms with Crippen molar-refractivity contribution in [1.29, 1.82) is 0 Å². The molecule has 3 heterocycles. The van der Waals surface area contributed by atoms with E-state index in [9.17, 15) is 0 Å². The molecule has 0 atom stereocenters. The van der Waals surface area contributed by atoms with Gasteiger partial charge in [-0.3, -0.25) is 4.68 Å². The van der Waals surface area contributed by atoms with E-state index in [4.69, 9.17) is 9.97 Å². The monoisotopic (exact) mass is 412 g/mol. The summed E-state index contributed by atoms with van der Waals surface area (Å²) in [5, 5.41) is 11.3. The molecule has 150 valence electrons. The molecule has 4 rings (SSSR count). The van der Waals surface area contributed by atoms with Gasteiger partial charge < -0.3 is 10.6 Å². The molecule has 2 N–H and O–H groups in total. The van der Waals surface area contributed by atoms with E-state index in [-0.39, 0.29) is 24.8 Å². The van der Waals surface area contributed by atoms with Crippen molar-refractivity contribution >= 4 is 30.6 Å². The molecule has 27 heavy (non-hydrogen) atoms. The maximum atomic E-state index is 4.89. The summed E-state index contributed by atoms with van der Waals surface area (Å²) >= 11 is 0. The summed E-state index contributed by atoms with van der Waals surface area (Å²) in [5.74, 6) is 2.94. The highest BCUT2D eigenvalue weighted by molar-refractivity contribution is 5.85. The lowest BCUT2D eigenvalue weighted by molar-refractivity contribution is 0.706. The van der Waals surface area contributed by atoms with Crippen LogP contribution in [0.25, 0.3) is 0 Å². The van der Waals surface area contributed by atoms with Crippen LogP contribution in [0.3, 0.4) is 0 Å². The molecule has 1 aliphatic heterocycles. The van der Waals surface area contributed by atoms with Crippen LogP contribution in [0.4, 0.5) is 5.82 Å². The Labute approximate surface area is 173 Å². The quantitative estimate of drug-likeness (QED) is 0.684. The third kappa shape index (κ3) is 6.06. The SMILES string of the molecule is Cl.Cl.Cn1cc(CCCNc2nc(CC3CC3)nc3c2CCNCC3)cn1. The van der Waals surface area contributed by atoms with Gasteiger partial charge in [-0.15, -0.1) is 24.8 Å². The number of aryl methyl sites for hydroxylation is 2. The summed E-state index contributed by atoms with van der Waals surface area (Å²) in [5.41, 5.74) is 3.88. The van der Waals surface area contributed by atoms with Crippen molar-refractivity contribution in [2.75, 3.05) is 25.0 Å². The van der Waals surface area contributed by atoms with Crippen LogP contribution in [0, 0.1) is 5.92 Å². The molecule has 0 spiro atoms. The van der Waals surface area contributed by atoms with Gasteiger partial charge >= 0.3 is 0 Å². The van der Waals surface area contributed by atoms with Crippen LogP contribution in [0.15, 0.2) is 12.4 Å². The molecular formula is C19H30Cl2N6. The molecule has 1 aliphatic carbocycles. The fraction of sp³-hybridized carbons (Fsp3) is 0.632. The Morgan fingerprint density at radius 1 is 1.19 bits per heavy atom. The summed E-state index contributed by atoms with van der Waals surface area (Å²) in [7, 11) is 1.97. The second kappa shape index (κ2) is 10.2. The smallest absolute Gasteiger partial charge is 0.133 e. The van der Waals surface area contributed by atoms with Crippen LogP contribution in [0.1, 0.15) is 41.9 Å². The van der Waals surface area contributed by atoms with Crippen molar-refractivity contribution in [2.45, 2.75) is 44.9 Å². The van der Waals surface area contributed by atoms with E-state index in [1.165, 1.54) is 29.7 Å². The number of hydrogen-bond donors (Lipinski definition) is 2. The third-order valence-electron chi connectivity index (χ3n) is 5.09. The number of aromatic nitrogens is 4. The van der Waals surface area contributed by atoms with Crippen LogP contribution in [-0.4, -0.2) is 39.4 Å². The summed E-state index contributed by atoms with van der Waals surface area (Å²) in [6, 6.07) is 0. The third-order valence-corrected chi connectivity index (χ3v) is 5.09. The lowest BCUT2D eigenvalue weighted by atomic mass is 10.1. The first kappa shape index (κ1) is 21.9. The van der Waals surface area contributed by atoms with Gasteiger partial charge in [0, 0.05) is 44.7 Å². The van der Waals surface area contributed by atoms with Gasteiger partial charge in [-0.2, -0.15) is 5.10 Å². The average Bonchev–Trinajstić information content (AvgIpc) is 3.36. The first-order valence-corrected chi connectivity index (χ1v) is 9.59. The Hall–Kier alpha value is -1.37. The predicted octanol–water partition coefficient (Wildman–Crippen LogP) is 2.74. The van der Waals surface area contributed by atoms with Crippen molar-refractivity contribution in [2.24, 2.45) is 13.0 Å². The minimum absolute atomic E-state index is 0. The van der Waals surface area contributed by atoms with Crippen LogP contribution in [0.2, 0.25) is 0 Å². The van der Waals surface area contributed by atoms with E-state index in [0.29, 0.717) is 0 Å². The molecule has 2 aromatic rings. The lowest BCUT2D eigenvalue weighted by Crippen LogP contribution is -2.16. The lowest BCUT2D eigenvalue weighted by Gasteiger charge is -2.14. The zero-order chi connectivity index (χ0) is 17.1. The highest BCUT2D eigenvalue weighted by Crippen LogP contribution is 2.32. The topological polar surface area (TPSA) is 67.7 Å². The maximum absolute atomic E-state index is 4.89. The summed E-state index contributed by atoms with van der Waals surface area (Å²) in [6.45, 7) is 2.98. The first-order chi connectivity index (χ1) is 12.3. The molecular weight excluding hydrogens is 383 g/mol. The van der Waals surface area contributed by atoms with Gasteiger partial charge in [0.05, 0.1) is 11.9 Å². The molecule has 0 bridgehead atoms. The van der Waals surface area contributed by atoms with Crippen LogP contribution in [0.5, 0.6) is 0 Å². The van der Waals surface area contributed by atoms with Crippen LogP contribution >= 0.6 is 24.8 Å². The Bertz CT molecular complexity index is 729. The van der Waals surface area contributed by atoms with Crippen molar-refractivity contribution in [3.8, 4) is 0 Å². The number of nitrogens with zero attached hydrogens (tertiary/aromatic N) is 4. The van der Waals surface area contributed by atoms with Gasteiger partial charge in [-0.05, 0) is 50.1 Å². The van der Waals surface area contributed by atoms with E-state index in [2.05, 4.69) is 21.9 Å². The molecule has 8 heteroatoms. The second-order valence-corrected chi connectivity index (χ2v) is 7.36. The summed E-state index contributed by atoms with van der Waals surface area (Å²) in [4.78, 5) is 9.78. The van der Waals surface area contributed by atoms with Gasteiger partial charge in [0.15, 0.2) is 0 Å². The number of nitrogens with one attached hydrogen (secondary N) is 2. The van der Waals surface area contributed by atoms with E-state index in [1.807, 2.05) is 17.9 Å². The standard InChI is InChI=1S/C19H28N6.2ClH/c1-25-13-15(12-22-25)3-2-8-21-19-16-6-9-20-10-7-17(16)23-18(24-19)11-14-4-5-14;;/h12-14,20H,2-11H2,1H3,(H,21,23,24);2*1H. The molecule has 0 radical (unpaired) electrons. The van der Waals surface area contributed by atoms with E-state index < -0.39 is 0 Å². The van der Waals surface area contributed by atoms with Crippen molar-refractivity contribution < 1.29 is 0 Å². The number of rotatable bonds is 7. The van der Waals surface area contributed by atoms with Gasteiger partial charge in [0.1, 0.15) is 11.6 Å². The first-order valence-electron chi connectivity index (χ1n) is 9.59. The predicted molar refractivity (Wildman–Crippen MR) is 113 cm³/mol. The highest BCUT2D eigenvalue weighted by atomic mass is 35.5. The molecule has 1 fully saturated rings. The van der Waals surface area contributed by atoms with Gasteiger partial charge in [0.25, 0.3) is 0 Å². The fourth-order valence-electron chi connectivity index (χ4n) is 3.51. The Morgan fingerprint density at radius 3 is 2.74 bits per heavy atom. The zero-order valence-electron chi connectivity index (χ0n) is 15.9. The van der Waals surface area contributed by atoms with Crippen molar-refractivity contribution in [3.05, 3.63) is 35.0 Å². The number of fused-ring (bicyclic) bond motifs is 1. The average molecular weight is 413 g/mol. The van der Waals surface area contributed by atoms with E-state index in [0.717, 1.165) is 69.3 Å². The second-order valence-electron chi connectivity index (χ2n) is 7.36. The number of hydrogen-bond acceptors (Lipinski definition) is 5. The van der Waals surface area contributed by atoms with E-state index >= 15 is 0 Å². The molecule has 0 aromatic carbocycles. The molecule has 2 aromatic heterocycles. The Morgan fingerprint density at radius 2 is 2.00 bits per heavy atom. The zero-order valence-corrected chi connectivity index (χ0v) is 17.5. The fourth-order valence-corrected chi connectivity index (χ4v) is 3.51.